The Kier molecular flexibility index (Phi) is 6.18. The van der Waals surface area contributed by atoms with E-state index in [2.05, 4.69) is 17.6 Å². The third-order valence-electron chi connectivity index (χ3n) is 3.44. The number of rotatable bonds is 5. The second-order valence-corrected chi connectivity index (χ2v) is 5.57. The van der Waals surface area contributed by atoms with Crippen LogP contribution in [0.5, 0.6) is 0 Å². The topological polar surface area (TPSA) is 58.2 Å². The fourth-order valence-corrected chi connectivity index (χ4v) is 2.19. The van der Waals surface area contributed by atoms with Gasteiger partial charge in [-0.15, -0.1) is 0 Å². The van der Waals surface area contributed by atoms with Crippen LogP contribution in [0, 0.1) is 0 Å². The Bertz CT molecular complexity index is 666. The van der Waals surface area contributed by atoms with Gasteiger partial charge in [0.1, 0.15) is 0 Å². The second-order valence-electron chi connectivity index (χ2n) is 5.14. The summed E-state index contributed by atoms with van der Waals surface area (Å²) >= 11 is 5.81. The minimum absolute atomic E-state index is 0.392. The number of benzene rings is 2. The van der Waals surface area contributed by atoms with E-state index in [-0.39, 0.29) is 0 Å². The first-order valence-corrected chi connectivity index (χ1v) is 7.89. The molecule has 0 saturated carbocycles. The lowest BCUT2D eigenvalue weighted by Gasteiger charge is -2.07. The highest BCUT2D eigenvalue weighted by Crippen LogP contribution is 2.10. The van der Waals surface area contributed by atoms with Crippen molar-refractivity contribution in [1.82, 2.24) is 5.32 Å². The van der Waals surface area contributed by atoms with Crippen molar-refractivity contribution in [3.05, 3.63) is 64.7 Å². The minimum atomic E-state index is -0.662. The molecule has 2 amide bonds. The lowest BCUT2D eigenvalue weighted by atomic mass is 10.1. The third-order valence-corrected chi connectivity index (χ3v) is 3.69. The molecule has 5 heteroatoms. The van der Waals surface area contributed by atoms with E-state index in [0.717, 1.165) is 12.0 Å². The van der Waals surface area contributed by atoms with Gasteiger partial charge in [-0.25, -0.2) is 0 Å². The van der Waals surface area contributed by atoms with Crippen molar-refractivity contribution >= 4 is 29.1 Å². The SMILES string of the molecule is CCc1ccc(NC(=O)C(=O)NCCc2ccc(Cl)cc2)cc1. The third kappa shape index (κ3) is 5.42. The van der Waals surface area contributed by atoms with E-state index >= 15 is 0 Å². The molecule has 0 unspecified atom stereocenters. The van der Waals surface area contributed by atoms with Gasteiger partial charge in [-0.3, -0.25) is 9.59 Å². The molecule has 0 aliphatic carbocycles. The van der Waals surface area contributed by atoms with Gasteiger partial charge in [0.25, 0.3) is 0 Å². The molecule has 0 saturated heterocycles. The molecule has 23 heavy (non-hydrogen) atoms. The minimum Gasteiger partial charge on any atom is -0.347 e. The molecule has 2 N–H and O–H groups in total. The fourth-order valence-electron chi connectivity index (χ4n) is 2.06. The number of hydrogen-bond donors (Lipinski definition) is 2. The average Bonchev–Trinajstić information content (AvgIpc) is 2.57. The number of hydrogen-bond acceptors (Lipinski definition) is 2. The number of amides is 2. The molecular formula is C18H19ClN2O2. The lowest BCUT2D eigenvalue weighted by Crippen LogP contribution is -2.36. The largest absolute Gasteiger partial charge is 0.347 e. The van der Waals surface area contributed by atoms with Crippen LogP contribution in [0.3, 0.4) is 0 Å². The Labute approximate surface area is 140 Å². The fraction of sp³-hybridized carbons (Fsp3) is 0.222. The number of halogens is 1. The molecule has 0 heterocycles. The van der Waals surface area contributed by atoms with Crippen molar-refractivity contribution in [3.8, 4) is 0 Å². The van der Waals surface area contributed by atoms with Gasteiger partial charge in [0.05, 0.1) is 0 Å². The number of nitrogens with one attached hydrogen (secondary N) is 2. The first-order chi connectivity index (χ1) is 11.1. The zero-order chi connectivity index (χ0) is 16.7. The molecule has 0 fully saturated rings. The predicted octanol–water partition coefficient (Wildman–Crippen LogP) is 3.20. The van der Waals surface area contributed by atoms with E-state index in [1.165, 1.54) is 5.56 Å². The van der Waals surface area contributed by atoms with Crippen molar-refractivity contribution < 1.29 is 9.59 Å². The van der Waals surface area contributed by atoms with Gasteiger partial charge in [-0.1, -0.05) is 42.8 Å². The van der Waals surface area contributed by atoms with Gasteiger partial charge in [0, 0.05) is 17.3 Å². The van der Waals surface area contributed by atoms with Crippen LogP contribution in [0.25, 0.3) is 0 Å². The summed E-state index contributed by atoms with van der Waals surface area (Å²) in [5, 5.41) is 5.86. The molecule has 0 atom stereocenters. The summed E-state index contributed by atoms with van der Waals surface area (Å²) < 4.78 is 0. The molecule has 0 aliphatic heterocycles. The molecular weight excluding hydrogens is 312 g/mol. The van der Waals surface area contributed by atoms with E-state index in [0.29, 0.717) is 23.7 Å². The summed E-state index contributed by atoms with van der Waals surface area (Å²) in [7, 11) is 0. The highest BCUT2D eigenvalue weighted by Gasteiger charge is 2.12. The first kappa shape index (κ1) is 17.0. The summed E-state index contributed by atoms with van der Waals surface area (Å²) in [6, 6.07) is 14.8. The lowest BCUT2D eigenvalue weighted by molar-refractivity contribution is -0.136. The molecule has 0 aromatic heterocycles. The van der Waals surface area contributed by atoms with Gasteiger partial charge in [-0.05, 0) is 48.2 Å². The Morgan fingerprint density at radius 3 is 2.13 bits per heavy atom. The van der Waals surface area contributed by atoms with E-state index in [1.54, 1.807) is 24.3 Å². The quantitative estimate of drug-likeness (QED) is 0.827. The zero-order valence-corrected chi connectivity index (χ0v) is 13.7. The van der Waals surface area contributed by atoms with Crippen LogP contribution < -0.4 is 10.6 Å². The molecule has 2 aromatic carbocycles. The van der Waals surface area contributed by atoms with E-state index in [9.17, 15) is 9.59 Å². The monoisotopic (exact) mass is 330 g/mol. The molecule has 4 nitrogen and oxygen atoms in total. The summed E-state index contributed by atoms with van der Waals surface area (Å²) in [5.41, 5.74) is 2.83. The van der Waals surface area contributed by atoms with Crippen molar-refractivity contribution in [2.75, 3.05) is 11.9 Å². The zero-order valence-electron chi connectivity index (χ0n) is 12.9. The molecule has 2 aromatic rings. The predicted molar refractivity (Wildman–Crippen MR) is 92.6 cm³/mol. The molecule has 0 bridgehead atoms. The van der Waals surface area contributed by atoms with Crippen molar-refractivity contribution in [3.63, 3.8) is 0 Å². The number of carbonyl (C=O) groups is 2. The van der Waals surface area contributed by atoms with Gasteiger partial charge in [0.2, 0.25) is 0 Å². The number of carbonyl (C=O) groups excluding carboxylic acids is 2. The maximum Gasteiger partial charge on any atom is 0.313 e. The van der Waals surface area contributed by atoms with Gasteiger partial charge < -0.3 is 10.6 Å². The summed E-state index contributed by atoms with van der Waals surface area (Å²) in [4.78, 5) is 23.6. The standard InChI is InChI=1S/C18H19ClN2O2/c1-2-13-5-9-16(10-6-13)21-18(23)17(22)20-12-11-14-3-7-15(19)8-4-14/h3-10H,2,11-12H2,1H3,(H,20,22)(H,21,23). The molecule has 0 aliphatic rings. The van der Waals surface area contributed by atoms with Gasteiger partial charge in [-0.2, -0.15) is 0 Å². The first-order valence-electron chi connectivity index (χ1n) is 7.51. The van der Waals surface area contributed by atoms with Crippen LogP contribution in [-0.4, -0.2) is 18.4 Å². The molecule has 120 valence electrons. The Morgan fingerprint density at radius 2 is 1.52 bits per heavy atom. The smallest absolute Gasteiger partial charge is 0.313 e. The van der Waals surface area contributed by atoms with Crippen molar-refractivity contribution in [2.24, 2.45) is 0 Å². The summed E-state index contributed by atoms with van der Waals surface area (Å²) in [5.74, 6) is -1.30. The van der Waals surface area contributed by atoms with Crippen LogP contribution in [0.1, 0.15) is 18.1 Å². The number of anilines is 1. The van der Waals surface area contributed by atoms with Crippen LogP contribution in [0.15, 0.2) is 48.5 Å². The maximum absolute atomic E-state index is 11.8. The van der Waals surface area contributed by atoms with Crippen LogP contribution in [-0.2, 0) is 22.4 Å². The normalized spacial score (nSPS) is 10.2. The molecule has 2 rings (SSSR count). The highest BCUT2D eigenvalue weighted by atomic mass is 35.5. The number of aryl methyl sites for hydroxylation is 1. The maximum atomic E-state index is 11.8. The van der Waals surface area contributed by atoms with Crippen LogP contribution in [0.2, 0.25) is 5.02 Å². The Morgan fingerprint density at radius 1 is 0.913 bits per heavy atom. The van der Waals surface area contributed by atoms with Crippen LogP contribution >= 0.6 is 11.6 Å². The highest BCUT2D eigenvalue weighted by molar-refractivity contribution is 6.39. The van der Waals surface area contributed by atoms with E-state index in [4.69, 9.17) is 11.6 Å². The van der Waals surface area contributed by atoms with Gasteiger partial charge >= 0.3 is 11.8 Å². The molecule has 0 radical (unpaired) electrons. The average molecular weight is 331 g/mol. The second kappa shape index (κ2) is 8.34. The molecule has 0 spiro atoms. The summed E-state index contributed by atoms with van der Waals surface area (Å²) in [6.45, 7) is 2.45. The van der Waals surface area contributed by atoms with Crippen LogP contribution in [0.4, 0.5) is 5.69 Å². The summed E-state index contributed by atoms with van der Waals surface area (Å²) in [6.07, 6.45) is 1.57. The van der Waals surface area contributed by atoms with Crippen molar-refractivity contribution in [2.45, 2.75) is 19.8 Å². The Balaban J connectivity index is 1.78. The van der Waals surface area contributed by atoms with E-state index in [1.807, 2.05) is 24.3 Å². The van der Waals surface area contributed by atoms with Crippen molar-refractivity contribution in [1.29, 1.82) is 0 Å². The Hall–Kier alpha value is -2.33. The van der Waals surface area contributed by atoms with Gasteiger partial charge in [0.15, 0.2) is 0 Å². The van der Waals surface area contributed by atoms with E-state index < -0.39 is 11.8 Å².